The molecule has 1 fully saturated rings. The second-order valence-electron chi connectivity index (χ2n) is 9.69. The Hall–Kier alpha value is -3.79. The predicted molar refractivity (Wildman–Crippen MR) is 150 cm³/mol. The second-order valence-corrected chi connectivity index (χ2v) is 11.7. The Morgan fingerprint density at radius 3 is 2.05 bits per heavy atom. The molecule has 39 heavy (non-hydrogen) atoms. The number of imidazole rings is 1. The standard InChI is InChI=1S/C30H31N4O4S/c35-25(22-33-20-17-31-30(33)34(37)38)21-32-18-15-24(16-19-32)29(36)23-11-13-28(14-12-23)39(26-7-3-1-4-8-26)27-9-5-2-6-10-27/h1-14,17,20,24-25,35H,15-16,18-19,21-22H2/q+1. The van der Waals surface area contributed by atoms with Crippen LogP contribution >= 0.6 is 0 Å². The molecule has 2 heterocycles. The van der Waals surface area contributed by atoms with Crippen LogP contribution in [0.3, 0.4) is 0 Å². The van der Waals surface area contributed by atoms with E-state index >= 15 is 0 Å². The number of ketones is 1. The summed E-state index contributed by atoms with van der Waals surface area (Å²) in [7, 11) is -0.253. The average molecular weight is 544 g/mol. The van der Waals surface area contributed by atoms with Gasteiger partial charge in [0, 0.05) is 18.0 Å². The Balaban J connectivity index is 1.19. The molecular weight excluding hydrogens is 512 g/mol. The molecule has 1 saturated heterocycles. The molecule has 8 nitrogen and oxygen atoms in total. The number of carbonyl (C=O) groups excluding carboxylic acids is 1. The fourth-order valence-electron chi connectivity index (χ4n) is 5.09. The van der Waals surface area contributed by atoms with E-state index in [9.17, 15) is 20.0 Å². The van der Waals surface area contributed by atoms with Crippen molar-refractivity contribution in [3.8, 4) is 0 Å². The number of likely N-dealkylation sites (tertiary alicyclic amines) is 1. The Morgan fingerprint density at radius 2 is 1.49 bits per heavy atom. The molecule has 3 aromatic carbocycles. The number of hydrogen-bond acceptors (Lipinski definition) is 6. The third-order valence-corrected chi connectivity index (χ3v) is 9.25. The van der Waals surface area contributed by atoms with Gasteiger partial charge in [-0.1, -0.05) is 41.4 Å². The van der Waals surface area contributed by atoms with Crippen molar-refractivity contribution < 1.29 is 14.8 Å². The van der Waals surface area contributed by atoms with E-state index in [4.69, 9.17) is 0 Å². The van der Waals surface area contributed by atoms with E-state index in [-0.39, 0.29) is 35.1 Å². The van der Waals surface area contributed by atoms with Crippen molar-refractivity contribution in [3.63, 3.8) is 0 Å². The van der Waals surface area contributed by atoms with Gasteiger partial charge in [0.15, 0.2) is 20.5 Å². The molecule has 200 valence electrons. The molecule has 0 bridgehead atoms. The van der Waals surface area contributed by atoms with E-state index in [1.165, 1.54) is 31.6 Å². The van der Waals surface area contributed by atoms with Gasteiger partial charge in [-0.3, -0.25) is 4.79 Å². The van der Waals surface area contributed by atoms with Gasteiger partial charge in [-0.25, -0.2) is 4.57 Å². The zero-order chi connectivity index (χ0) is 27.2. The third-order valence-electron chi connectivity index (χ3n) is 7.02. The molecule has 0 saturated carbocycles. The molecule has 1 atom stereocenters. The van der Waals surface area contributed by atoms with Gasteiger partial charge in [-0.2, -0.15) is 0 Å². The molecule has 5 rings (SSSR count). The van der Waals surface area contributed by atoms with Gasteiger partial charge in [-0.05, 0) is 79.4 Å². The normalized spacial score (nSPS) is 15.3. The SMILES string of the molecule is O=C(c1ccc([S+](c2ccccc2)c2ccccc2)cc1)C1CCN(CC(O)Cn2ccnc2[N+](=O)[O-])CC1. The molecular formula is C30H31N4O4S+. The molecule has 9 heteroatoms. The van der Waals surface area contributed by atoms with Crippen LogP contribution in [-0.2, 0) is 17.4 Å². The predicted octanol–water partition coefficient (Wildman–Crippen LogP) is 4.84. The molecule has 0 radical (unpaired) electrons. The summed E-state index contributed by atoms with van der Waals surface area (Å²) in [5, 5.41) is 21.5. The number of piperidine rings is 1. The maximum atomic E-state index is 13.3. The first kappa shape index (κ1) is 26.8. The van der Waals surface area contributed by atoms with Gasteiger partial charge in [-0.15, -0.1) is 0 Å². The van der Waals surface area contributed by atoms with Gasteiger partial charge >= 0.3 is 5.95 Å². The highest BCUT2D eigenvalue weighted by atomic mass is 32.2. The first-order valence-electron chi connectivity index (χ1n) is 13.0. The highest BCUT2D eigenvalue weighted by Crippen LogP contribution is 2.32. The van der Waals surface area contributed by atoms with Crippen LogP contribution < -0.4 is 0 Å². The van der Waals surface area contributed by atoms with E-state index < -0.39 is 11.0 Å². The van der Waals surface area contributed by atoms with Crippen LogP contribution in [0.15, 0.2) is 112 Å². The van der Waals surface area contributed by atoms with Crippen molar-refractivity contribution in [3.05, 3.63) is 113 Å². The monoisotopic (exact) mass is 543 g/mol. The molecule has 1 aliphatic heterocycles. The lowest BCUT2D eigenvalue weighted by atomic mass is 9.89. The quantitative estimate of drug-likeness (QED) is 0.133. The Kier molecular flexibility index (Phi) is 8.51. The number of hydrogen-bond donors (Lipinski definition) is 1. The molecule has 0 amide bonds. The number of rotatable bonds is 10. The molecule has 1 aliphatic rings. The smallest absolute Gasteiger partial charge is 0.390 e. The number of β-amino-alcohol motifs (C(OH)–C–C–N with tert-alkyl or cyclic N) is 1. The summed E-state index contributed by atoms with van der Waals surface area (Å²) in [6.45, 7) is 1.90. The number of aromatic nitrogens is 2. The number of nitrogens with zero attached hydrogens (tertiary/aromatic N) is 4. The van der Waals surface area contributed by atoms with E-state index in [1.807, 2.05) is 24.3 Å². The lowest BCUT2D eigenvalue weighted by Gasteiger charge is -2.32. The largest absolute Gasteiger partial charge is 0.434 e. The molecule has 1 N–H and O–H groups in total. The average Bonchev–Trinajstić information content (AvgIpc) is 3.43. The molecule has 1 unspecified atom stereocenters. The maximum absolute atomic E-state index is 13.3. The van der Waals surface area contributed by atoms with Gasteiger partial charge in [0.25, 0.3) is 0 Å². The molecule has 1 aromatic heterocycles. The number of Topliss-reactive ketones (excluding diaryl/α,β-unsaturated/α-hetero) is 1. The van der Waals surface area contributed by atoms with Crippen molar-refractivity contribution in [2.45, 2.75) is 40.2 Å². The fourth-order valence-corrected chi connectivity index (χ4v) is 7.17. The fraction of sp³-hybridized carbons (Fsp3) is 0.267. The Labute approximate surface area is 230 Å². The topological polar surface area (TPSA) is 102 Å². The van der Waals surface area contributed by atoms with Crippen LogP contribution in [0.2, 0.25) is 0 Å². The van der Waals surface area contributed by atoms with Crippen LogP contribution in [-0.4, -0.2) is 56.0 Å². The number of nitro groups is 1. The second kappa shape index (κ2) is 12.4. The van der Waals surface area contributed by atoms with Gasteiger partial charge in [0.2, 0.25) is 0 Å². The first-order valence-corrected chi connectivity index (χ1v) is 14.3. The van der Waals surface area contributed by atoms with Gasteiger partial charge in [0.1, 0.15) is 12.4 Å². The van der Waals surface area contributed by atoms with E-state index in [1.54, 1.807) is 0 Å². The summed E-state index contributed by atoms with van der Waals surface area (Å²) in [4.78, 5) is 33.3. The lowest BCUT2D eigenvalue weighted by Crippen LogP contribution is -2.41. The van der Waals surface area contributed by atoms with Crippen molar-refractivity contribution in [1.29, 1.82) is 0 Å². The zero-order valence-corrected chi connectivity index (χ0v) is 22.3. The first-order chi connectivity index (χ1) is 19.0. The molecule has 0 spiro atoms. The summed E-state index contributed by atoms with van der Waals surface area (Å²) in [5.41, 5.74) is 0.731. The van der Waals surface area contributed by atoms with Crippen molar-refractivity contribution in [1.82, 2.24) is 14.5 Å². The summed E-state index contributed by atoms with van der Waals surface area (Å²) in [6, 6.07) is 29.0. The molecule has 0 aliphatic carbocycles. The minimum atomic E-state index is -0.763. The van der Waals surface area contributed by atoms with Crippen LogP contribution in [0.1, 0.15) is 23.2 Å². The van der Waals surface area contributed by atoms with Gasteiger partial charge < -0.3 is 20.1 Å². The van der Waals surface area contributed by atoms with Crippen LogP contribution in [0.5, 0.6) is 0 Å². The van der Waals surface area contributed by atoms with E-state index in [0.717, 1.165) is 18.4 Å². The number of aliphatic hydroxyl groups is 1. The minimum Gasteiger partial charge on any atom is -0.390 e. The van der Waals surface area contributed by atoms with Crippen LogP contribution in [0, 0.1) is 16.0 Å². The van der Waals surface area contributed by atoms with Crippen molar-refractivity contribution in [2.24, 2.45) is 5.92 Å². The molecule has 4 aromatic rings. The highest BCUT2D eigenvalue weighted by Gasteiger charge is 2.30. The van der Waals surface area contributed by atoms with E-state index in [2.05, 4.69) is 70.5 Å². The number of benzene rings is 3. The summed E-state index contributed by atoms with van der Waals surface area (Å²) in [5.74, 6) is -0.167. The number of aliphatic hydroxyl groups excluding tert-OH is 1. The van der Waals surface area contributed by atoms with Crippen LogP contribution in [0.25, 0.3) is 0 Å². The summed E-state index contributed by atoms with van der Waals surface area (Å²) >= 11 is 0. The maximum Gasteiger partial charge on any atom is 0.434 e. The lowest BCUT2D eigenvalue weighted by molar-refractivity contribution is -0.397. The van der Waals surface area contributed by atoms with Crippen molar-refractivity contribution >= 4 is 22.6 Å². The number of carbonyl (C=O) groups is 1. The van der Waals surface area contributed by atoms with Gasteiger partial charge in [0.05, 0.1) is 23.5 Å². The summed E-state index contributed by atoms with van der Waals surface area (Å²) in [6.07, 6.45) is 3.53. The van der Waals surface area contributed by atoms with E-state index in [0.29, 0.717) is 19.6 Å². The third kappa shape index (κ3) is 6.44. The zero-order valence-electron chi connectivity index (χ0n) is 21.5. The Morgan fingerprint density at radius 1 is 0.923 bits per heavy atom. The van der Waals surface area contributed by atoms with Crippen LogP contribution in [0.4, 0.5) is 5.95 Å². The van der Waals surface area contributed by atoms with Crippen molar-refractivity contribution in [2.75, 3.05) is 19.6 Å². The highest BCUT2D eigenvalue weighted by molar-refractivity contribution is 7.97. The minimum absolute atomic E-state index is 0.0551. The Bertz CT molecular complexity index is 1350. The summed E-state index contributed by atoms with van der Waals surface area (Å²) < 4.78 is 1.35.